The molecule has 1 unspecified atom stereocenters. The van der Waals surface area contributed by atoms with Gasteiger partial charge in [-0.3, -0.25) is 0 Å². The zero-order valence-corrected chi connectivity index (χ0v) is 13.3. The van der Waals surface area contributed by atoms with E-state index in [2.05, 4.69) is 39.7 Å². The van der Waals surface area contributed by atoms with Crippen LogP contribution in [0.1, 0.15) is 12.5 Å². The molecule has 0 saturated carbocycles. The summed E-state index contributed by atoms with van der Waals surface area (Å²) in [5, 5.41) is 8.81. The molecule has 1 N–H and O–H groups in total. The lowest BCUT2D eigenvalue weighted by atomic mass is 10.1. The van der Waals surface area contributed by atoms with Crippen molar-refractivity contribution in [2.45, 2.75) is 13.0 Å². The van der Waals surface area contributed by atoms with Crippen molar-refractivity contribution in [2.75, 3.05) is 31.6 Å². The minimum absolute atomic E-state index is 0.409. The average Bonchev–Trinajstić information content (AvgIpc) is 2.37. The Morgan fingerprint density at radius 1 is 1.45 bits per heavy atom. The van der Waals surface area contributed by atoms with E-state index in [1.165, 1.54) is 6.08 Å². The highest BCUT2D eigenvalue weighted by molar-refractivity contribution is 9.10. The molecule has 20 heavy (non-hydrogen) atoms. The van der Waals surface area contributed by atoms with Gasteiger partial charge in [-0.1, -0.05) is 15.9 Å². The second-order valence-corrected chi connectivity index (χ2v) is 6.10. The van der Waals surface area contributed by atoms with E-state index in [9.17, 15) is 4.79 Å². The van der Waals surface area contributed by atoms with Gasteiger partial charge >= 0.3 is 5.97 Å². The van der Waals surface area contributed by atoms with Gasteiger partial charge in [-0.15, -0.1) is 0 Å². The molecule has 4 nitrogen and oxygen atoms in total. The van der Waals surface area contributed by atoms with Gasteiger partial charge in [0.05, 0.1) is 0 Å². The standard InChI is InChI=1S/C15H19BrN2O2/c1-11-10-17(2)7-8-18(11)14-5-4-13(16)9-12(14)3-6-15(19)20/h3-6,9,11H,7-8,10H2,1-2H3,(H,19,20)/b6-3+. The Balaban J connectivity index is 2.33. The van der Waals surface area contributed by atoms with Crippen LogP contribution in [0.4, 0.5) is 5.69 Å². The maximum atomic E-state index is 10.7. The monoisotopic (exact) mass is 338 g/mol. The molecule has 1 fully saturated rings. The predicted molar refractivity (Wildman–Crippen MR) is 85.1 cm³/mol. The first-order chi connectivity index (χ1) is 9.47. The number of carbonyl (C=O) groups is 1. The maximum Gasteiger partial charge on any atom is 0.328 e. The van der Waals surface area contributed by atoms with Crippen LogP contribution in [0.3, 0.4) is 0 Å². The third-order valence-electron chi connectivity index (χ3n) is 3.54. The van der Waals surface area contributed by atoms with Gasteiger partial charge in [-0.25, -0.2) is 4.79 Å². The lowest BCUT2D eigenvalue weighted by Gasteiger charge is -2.40. The fourth-order valence-corrected chi connectivity index (χ4v) is 2.96. The number of benzene rings is 1. The number of hydrogen-bond acceptors (Lipinski definition) is 3. The van der Waals surface area contributed by atoms with Gasteiger partial charge in [0.1, 0.15) is 0 Å². The van der Waals surface area contributed by atoms with E-state index < -0.39 is 5.97 Å². The van der Waals surface area contributed by atoms with Gasteiger partial charge in [0, 0.05) is 41.9 Å². The second kappa shape index (κ2) is 6.41. The largest absolute Gasteiger partial charge is 0.478 e. The summed E-state index contributed by atoms with van der Waals surface area (Å²) in [6, 6.07) is 6.41. The number of nitrogens with zero attached hydrogens (tertiary/aromatic N) is 2. The van der Waals surface area contributed by atoms with E-state index in [4.69, 9.17) is 5.11 Å². The number of rotatable bonds is 3. The number of carboxylic acid groups (broad SMARTS) is 1. The highest BCUT2D eigenvalue weighted by atomic mass is 79.9. The summed E-state index contributed by atoms with van der Waals surface area (Å²) < 4.78 is 0.952. The van der Waals surface area contributed by atoms with Crippen molar-refractivity contribution < 1.29 is 9.90 Å². The Hall–Kier alpha value is -1.33. The van der Waals surface area contributed by atoms with Crippen molar-refractivity contribution in [1.29, 1.82) is 0 Å². The van der Waals surface area contributed by atoms with Crippen molar-refractivity contribution in [3.05, 3.63) is 34.3 Å². The number of anilines is 1. The molecule has 0 aromatic heterocycles. The molecular weight excluding hydrogens is 320 g/mol. The third kappa shape index (κ3) is 3.61. The van der Waals surface area contributed by atoms with Gasteiger partial charge in [0.25, 0.3) is 0 Å². The molecule has 5 heteroatoms. The number of halogens is 1. The molecule has 0 spiro atoms. The molecular formula is C15H19BrN2O2. The highest BCUT2D eigenvalue weighted by Crippen LogP contribution is 2.28. The van der Waals surface area contributed by atoms with Crippen molar-refractivity contribution in [3.63, 3.8) is 0 Å². The second-order valence-electron chi connectivity index (χ2n) is 5.18. The molecule has 0 aliphatic carbocycles. The van der Waals surface area contributed by atoms with E-state index >= 15 is 0 Å². The molecule has 1 heterocycles. The van der Waals surface area contributed by atoms with Crippen molar-refractivity contribution in [2.24, 2.45) is 0 Å². The van der Waals surface area contributed by atoms with E-state index in [1.54, 1.807) is 6.08 Å². The molecule has 0 radical (unpaired) electrons. The zero-order valence-electron chi connectivity index (χ0n) is 11.7. The van der Waals surface area contributed by atoms with Gasteiger partial charge in [-0.05, 0) is 43.8 Å². The molecule has 108 valence electrons. The Morgan fingerprint density at radius 2 is 2.20 bits per heavy atom. The summed E-state index contributed by atoms with van der Waals surface area (Å²) in [6.07, 6.45) is 2.85. The number of piperazine rings is 1. The number of hydrogen-bond donors (Lipinski definition) is 1. The van der Waals surface area contributed by atoms with Crippen LogP contribution in [0.5, 0.6) is 0 Å². The maximum absolute atomic E-state index is 10.7. The van der Waals surface area contributed by atoms with Crippen LogP contribution in [0.15, 0.2) is 28.7 Å². The van der Waals surface area contributed by atoms with Gasteiger partial charge in [0.15, 0.2) is 0 Å². The zero-order chi connectivity index (χ0) is 14.7. The molecule has 1 atom stereocenters. The molecule has 0 amide bonds. The molecule has 1 saturated heterocycles. The first-order valence-corrected chi connectivity index (χ1v) is 7.42. The molecule has 1 aliphatic heterocycles. The summed E-state index contributed by atoms with van der Waals surface area (Å²) in [6.45, 7) is 5.18. The molecule has 1 aromatic rings. The summed E-state index contributed by atoms with van der Waals surface area (Å²) >= 11 is 3.44. The average molecular weight is 339 g/mol. The lowest BCUT2D eigenvalue weighted by Crippen LogP contribution is -2.50. The Kier molecular flexibility index (Phi) is 4.83. The van der Waals surface area contributed by atoms with Crippen molar-refractivity contribution in [1.82, 2.24) is 4.90 Å². The number of aliphatic carboxylic acids is 1. The summed E-state index contributed by atoms with van der Waals surface area (Å²) in [5.74, 6) is -0.928. The predicted octanol–water partition coefficient (Wildman–Crippen LogP) is 2.69. The normalized spacial score (nSPS) is 20.6. The van der Waals surface area contributed by atoms with Crippen LogP contribution in [-0.4, -0.2) is 48.7 Å². The van der Waals surface area contributed by atoms with E-state index in [0.29, 0.717) is 6.04 Å². The smallest absolute Gasteiger partial charge is 0.328 e. The van der Waals surface area contributed by atoms with Crippen molar-refractivity contribution in [3.8, 4) is 0 Å². The topological polar surface area (TPSA) is 43.8 Å². The van der Waals surface area contributed by atoms with E-state index in [-0.39, 0.29) is 0 Å². The van der Waals surface area contributed by atoms with Gasteiger partial charge < -0.3 is 14.9 Å². The Morgan fingerprint density at radius 3 is 2.85 bits per heavy atom. The fraction of sp³-hybridized carbons (Fsp3) is 0.400. The van der Waals surface area contributed by atoms with Crippen LogP contribution < -0.4 is 4.90 Å². The lowest BCUT2D eigenvalue weighted by molar-refractivity contribution is -0.131. The molecule has 2 rings (SSSR count). The first-order valence-electron chi connectivity index (χ1n) is 6.63. The third-order valence-corrected chi connectivity index (χ3v) is 4.03. The number of likely N-dealkylation sites (N-methyl/N-ethyl adjacent to an activating group) is 1. The highest BCUT2D eigenvalue weighted by Gasteiger charge is 2.23. The first kappa shape index (κ1) is 15.1. The van der Waals surface area contributed by atoms with E-state index in [0.717, 1.165) is 35.4 Å². The van der Waals surface area contributed by atoms with Gasteiger partial charge in [0.2, 0.25) is 0 Å². The minimum Gasteiger partial charge on any atom is -0.478 e. The quantitative estimate of drug-likeness (QED) is 0.860. The van der Waals surface area contributed by atoms with E-state index in [1.807, 2.05) is 18.2 Å². The van der Waals surface area contributed by atoms with Crippen LogP contribution in [0.25, 0.3) is 6.08 Å². The molecule has 0 bridgehead atoms. The minimum atomic E-state index is -0.928. The Bertz CT molecular complexity index is 531. The molecule has 1 aliphatic rings. The SMILES string of the molecule is CC1CN(C)CCN1c1ccc(Br)cc1/C=C/C(=O)O. The Labute approximate surface area is 127 Å². The number of carboxylic acids is 1. The van der Waals surface area contributed by atoms with Crippen LogP contribution in [0, 0.1) is 0 Å². The van der Waals surface area contributed by atoms with Gasteiger partial charge in [-0.2, -0.15) is 0 Å². The molecule has 1 aromatic carbocycles. The van der Waals surface area contributed by atoms with Crippen LogP contribution in [0.2, 0.25) is 0 Å². The van der Waals surface area contributed by atoms with Crippen LogP contribution >= 0.6 is 15.9 Å². The van der Waals surface area contributed by atoms with Crippen molar-refractivity contribution >= 4 is 33.7 Å². The summed E-state index contributed by atoms with van der Waals surface area (Å²) in [5.41, 5.74) is 2.02. The summed E-state index contributed by atoms with van der Waals surface area (Å²) in [4.78, 5) is 15.4. The van der Waals surface area contributed by atoms with Crippen LogP contribution in [-0.2, 0) is 4.79 Å². The summed E-state index contributed by atoms with van der Waals surface area (Å²) in [7, 11) is 2.13. The fourth-order valence-electron chi connectivity index (χ4n) is 2.58.